The van der Waals surface area contributed by atoms with Crippen LogP contribution in [0.1, 0.15) is 13.8 Å². The van der Waals surface area contributed by atoms with Gasteiger partial charge in [-0.2, -0.15) is 0 Å². The quantitative estimate of drug-likeness (QED) is 0.603. The Morgan fingerprint density at radius 2 is 2.20 bits per heavy atom. The SMILES string of the molecule is CC(C)COCC(=O)CO. The largest absolute Gasteiger partial charge is 0.388 e. The number of hydrogen-bond acceptors (Lipinski definition) is 3. The molecule has 10 heavy (non-hydrogen) atoms. The molecule has 0 amide bonds. The van der Waals surface area contributed by atoms with Crippen LogP contribution in [-0.4, -0.2) is 30.7 Å². The fraction of sp³-hybridized carbons (Fsp3) is 0.857. The zero-order chi connectivity index (χ0) is 7.98. The molecule has 0 saturated heterocycles. The van der Waals surface area contributed by atoms with Crippen molar-refractivity contribution in [2.24, 2.45) is 5.92 Å². The summed E-state index contributed by atoms with van der Waals surface area (Å²) in [6.07, 6.45) is 0. The van der Waals surface area contributed by atoms with Crippen molar-refractivity contribution >= 4 is 5.78 Å². The highest BCUT2D eigenvalue weighted by Gasteiger charge is 1.99. The van der Waals surface area contributed by atoms with Crippen LogP contribution in [0.3, 0.4) is 0 Å². The van der Waals surface area contributed by atoms with Crippen molar-refractivity contribution in [3.8, 4) is 0 Å². The van der Waals surface area contributed by atoms with Crippen LogP contribution in [0.5, 0.6) is 0 Å². The van der Waals surface area contributed by atoms with Gasteiger partial charge in [0, 0.05) is 6.61 Å². The van der Waals surface area contributed by atoms with E-state index in [0.717, 1.165) is 0 Å². The monoisotopic (exact) mass is 146 g/mol. The van der Waals surface area contributed by atoms with E-state index in [2.05, 4.69) is 0 Å². The summed E-state index contributed by atoms with van der Waals surface area (Å²) in [5, 5.41) is 8.27. The normalized spacial score (nSPS) is 10.4. The molecule has 0 aromatic heterocycles. The summed E-state index contributed by atoms with van der Waals surface area (Å²) >= 11 is 0. The zero-order valence-electron chi connectivity index (χ0n) is 6.46. The van der Waals surface area contributed by atoms with E-state index in [-0.39, 0.29) is 12.4 Å². The van der Waals surface area contributed by atoms with E-state index in [9.17, 15) is 4.79 Å². The van der Waals surface area contributed by atoms with Gasteiger partial charge >= 0.3 is 0 Å². The molecular formula is C7H14O3. The molecule has 0 aliphatic rings. The Morgan fingerprint density at radius 3 is 2.60 bits per heavy atom. The van der Waals surface area contributed by atoms with Crippen LogP contribution in [0, 0.1) is 5.92 Å². The van der Waals surface area contributed by atoms with Gasteiger partial charge in [-0.05, 0) is 5.92 Å². The van der Waals surface area contributed by atoms with E-state index in [1.807, 2.05) is 13.8 Å². The molecule has 0 saturated carbocycles. The summed E-state index contributed by atoms with van der Waals surface area (Å²) in [5.41, 5.74) is 0. The van der Waals surface area contributed by atoms with Crippen LogP contribution in [0.2, 0.25) is 0 Å². The summed E-state index contributed by atoms with van der Waals surface area (Å²) in [7, 11) is 0. The Bertz CT molecular complexity index is 99.0. The zero-order valence-corrected chi connectivity index (χ0v) is 6.46. The van der Waals surface area contributed by atoms with Gasteiger partial charge in [-0.25, -0.2) is 0 Å². The summed E-state index contributed by atoms with van der Waals surface area (Å²) in [6, 6.07) is 0. The van der Waals surface area contributed by atoms with Gasteiger partial charge < -0.3 is 9.84 Å². The number of aliphatic hydroxyl groups excluding tert-OH is 1. The third kappa shape index (κ3) is 5.72. The Morgan fingerprint density at radius 1 is 1.60 bits per heavy atom. The lowest BCUT2D eigenvalue weighted by Crippen LogP contribution is -2.14. The summed E-state index contributed by atoms with van der Waals surface area (Å²) in [4.78, 5) is 10.4. The van der Waals surface area contributed by atoms with E-state index in [0.29, 0.717) is 12.5 Å². The van der Waals surface area contributed by atoms with Crippen molar-refractivity contribution in [1.29, 1.82) is 0 Å². The van der Waals surface area contributed by atoms with Crippen LogP contribution >= 0.6 is 0 Å². The number of Topliss-reactive ketones (excluding diaryl/α,β-unsaturated/α-hetero) is 1. The van der Waals surface area contributed by atoms with Crippen molar-refractivity contribution in [1.82, 2.24) is 0 Å². The molecule has 1 N–H and O–H groups in total. The van der Waals surface area contributed by atoms with E-state index >= 15 is 0 Å². The first kappa shape index (κ1) is 9.59. The van der Waals surface area contributed by atoms with E-state index in [1.54, 1.807) is 0 Å². The minimum atomic E-state index is -0.419. The highest BCUT2D eigenvalue weighted by Crippen LogP contribution is 1.91. The average molecular weight is 146 g/mol. The predicted octanol–water partition coefficient (Wildman–Crippen LogP) is 0.220. The second-order valence-corrected chi connectivity index (χ2v) is 2.61. The summed E-state index contributed by atoms with van der Waals surface area (Å²) < 4.78 is 4.94. The van der Waals surface area contributed by atoms with Gasteiger partial charge in [-0.3, -0.25) is 4.79 Å². The number of carbonyl (C=O) groups is 1. The first-order valence-corrected chi connectivity index (χ1v) is 3.37. The van der Waals surface area contributed by atoms with Gasteiger partial charge in [0.1, 0.15) is 13.2 Å². The van der Waals surface area contributed by atoms with Gasteiger partial charge in [0.25, 0.3) is 0 Å². The second kappa shape index (κ2) is 5.38. The van der Waals surface area contributed by atoms with E-state index in [4.69, 9.17) is 9.84 Å². The molecule has 0 aliphatic heterocycles. The molecule has 0 aliphatic carbocycles. The minimum Gasteiger partial charge on any atom is -0.388 e. The maximum atomic E-state index is 10.4. The number of aliphatic hydroxyl groups is 1. The minimum absolute atomic E-state index is 0.0364. The molecule has 3 nitrogen and oxygen atoms in total. The Kier molecular flexibility index (Phi) is 5.16. The third-order valence-electron chi connectivity index (χ3n) is 0.891. The highest BCUT2D eigenvalue weighted by molar-refractivity contribution is 5.80. The number of ketones is 1. The topological polar surface area (TPSA) is 46.5 Å². The molecule has 60 valence electrons. The van der Waals surface area contributed by atoms with Gasteiger partial charge in [0.05, 0.1) is 0 Å². The van der Waals surface area contributed by atoms with Crippen molar-refractivity contribution in [3.63, 3.8) is 0 Å². The molecule has 0 spiro atoms. The van der Waals surface area contributed by atoms with E-state index < -0.39 is 6.61 Å². The lowest BCUT2D eigenvalue weighted by Gasteiger charge is -2.03. The van der Waals surface area contributed by atoms with Crippen molar-refractivity contribution < 1.29 is 14.6 Å². The van der Waals surface area contributed by atoms with E-state index in [1.165, 1.54) is 0 Å². The maximum Gasteiger partial charge on any atom is 0.183 e. The molecular weight excluding hydrogens is 132 g/mol. The van der Waals surface area contributed by atoms with Crippen LogP contribution in [0.25, 0.3) is 0 Å². The average Bonchev–Trinajstić information content (AvgIpc) is 1.87. The summed E-state index contributed by atoms with van der Waals surface area (Å²) in [6.45, 7) is 4.20. The fourth-order valence-electron chi connectivity index (χ4n) is 0.454. The van der Waals surface area contributed by atoms with Gasteiger partial charge in [0.2, 0.25) is 0 Å². The molecule has 0 atom stereocenters. The standard InChI is InChI=1S/C7H14O3/c1-6(2)4-10-5-7(9)3-8/h6,8H,3-5H2,1-2H3. The lowest BCUT2D eigenvalue weighted by molar-refractivity contribution is -0.126. The van der Waals surface area contributed by atoms with Crippen LogP contribution in [0.15, 0.2) is 0 Å². The van der Waals surface area contributed by atoms with Crippen molar-refractivity contribution in [2.45, 2.75) is 13.8 Å². The number of ether oxygens (including phenoxy) is 1. The lowest BCUT2D eigenvalue weighted by atomic mass is 10.2. The highest BCUT2D eigenvalue weighted by atomic mass is 16.5. The Labute approximate surface area is 61.0 Å². The smallest absolute Gasteiger partial charge is 0.183 e. The Hall–Kier alpha value is -0.410. The van der Waals surface area contributed by atoms with Gasteiger partial charge in [-0.15, -0.1) is 0 Å². The molecule has 3 heteroatoms. The molecule has 0 aromatic rings. The molecule has 0 rings (SSSR count). The first-order valence-electron chi connectivity index (χ1n) is 3.37. The first-order chi connectivity index (χ1) is 4.66. The molecule has 0 aromatic carbocycles. The number of hydrogen-bond donors (Lipinski definition) is 1. The van der Waals surface area contributed by atoms with Crippen molar-refractivity contribution in [2.75, 3.05) is 19.8 Å². The third-order valence-corrected chi connectivity index (χ3v) is 0.891. The van der Waals surface area contributed by atoms with Crippen molar-refractivity contribution in [3.05, 3.63) is 0 Å². The summed E-state index contributed by atoms with van der Waals surface area (Å²) in [5.74, 6) is 0.173. The molecule has 0 fully saturated rings. The molecule has 0 radical (unpaired) electrons. The second-order valence-electron chi connectivity index (χ2n) is 2.61. The molecule has 0 heterocycles. The maximum absolute atomic E-state index is 10.4. The predicted molar refractivity (Wildman–Crippen MR) is 37.7 cm³/mol. The van der Waals surface area contributed by atoms with Crippen LogP contribution in [-0.2, 0) is 9.53 Å². The molecule has 0 bridgehead atoms. The number of rotatable bonds is 5. The van der Waals surface area contributed by atoms with Crippen LogP contribution < -0.4 is 0 Å². The Balaban J connectivity index is 3.12. The van der Waals surface area contributed by atoms with Gasteiger partial charge in [-0.1, -0.05) is 13.8 Å². The molecule has 0 unspecified atom stereocenters. The number of carbonyl (C=O) groups excluding carboxylic acids is 1. The van der Waals surface area contributed by atoms with Gasteiger partial charge in [0.15, 0.2) is 5.78 Å². The fourth-order valence-corrected chi connectivity index (χ4v) is 0.454. The van der Waals surface area contributed by atoms with Crippen LogP contribution in [0.4, 0.5) is 0 Å².